The molecule has 134 valence electrons. The van der Waals surface area contributed by atoms with Gasteiger partial charge in [0.2, 0.25) is 5.95 Å². The molecule has 8 nitrogen and oxygen atoms in total. The predicted molar refractivity (Wildman–Crippen MR) is 104 cm³/mol. The highest BCUT2D eigenvalue weighted by atomic mass is 16.5. The first-order valence-electron chi connectivity index (χ1n) is 8.49. The van der Waals surface area contributed by atoms with Crippen LogP contribution in [0.1, 0.15) is 11.7 Å². The number of anilines is 1. The Kier molecular flexibility index (Phi) is 3.36. The van der Waals surface area contributed by atoms with Crippen LogP contribution in [0.25, 0.3) is 22.3 Å². The van der Waals surface area contributed by atoms with Gasteiger partial charge in [0.05, 0.1) is 30.0 Å². The number of benzene rings is 2. The quantitative estimate of drug-likeness (QED) is 0.521. The minimum absolute atomic E-state index is 0.324. The Labute approximate surface area is 154 Å². The number of guanidine groups is 1. The fourth-order valence-electron chi connectivity index (χ4n) is 3.41. The third kappa shape index (κ3) is 2.42. The summed E-state index contributed by atoms with van der Waals surface area (Å²) in [5.41, 5.74) is 10.7. The standard InChI is InChI=1S/C19H17N7O/c1-27-12-8-6-11(7-9-12)16-13(10-21-25-16)17-23-18(20)24-19-22-14-4-2-3-5-15(14)26(17)19/h2-10,17H,1H3,(H,21,25)(H3,20,22,23,24)/t17-/m0/s1. The van der Waals surface area contributed by atoms with Crippen LogP contribution in [0.15, 0.2) is 59.7 Å². The summed E-state index contributed by atoms with van der Waals surface area (Å²) in [5, 5.41) is 10.4. The van der Waals surface area contributed by atoms with Gasteiger partial charge in [-0.25, -0.2) is 9.98 Å². The first kappa shape index (κ1) is 15.4. The molecule has 0 aliphatic carbocycles. The van der Waals surface area contributed by atoms with Crippen molar-refractivity contribution >= 4 is 22.9 Å². The van der Waals surface area contributed by atoms with Crippen molar-refractivity contribution in [1.82, 2.24) is 19.7 Å². The highest BCUT2D eigenvalue weighted by Gasteiger charge is 2.28. The van der Waals surface area contributed by atoms with Gasteiger partial charge in [-0.2, -0.15) is 5.10 Å². The molecule has 2 aromatic carbocycles. The monoisotopic (exact) mass is 359 g/mol. The number of aliphatic imine (C=N–C) groups is 1. The van der Waals surface area contributed by atoms with Crippen LogP contribution < -0.4 is 15.8 Å². The number of imidazole rings is 1. The lowest BCUT2D eigenvalue weighted by molar-refractivity contribution is 0.415. The molecule has 1 atom stereocenters. The van der Waals surface area contributed by atoms with Crippen LogP contribution in [0, 0.1) is 0 Å². The molecule has 0 unspecified atom stereocenters. The number of para-hydroxylation sites is 2. The van der Waals surface area contributed by atoms with Crippen LogP contribution in [-0.2, 0) is 0 Å². The number of hydrogen-bond donors (Lipinski definition) is 3. The van der Waals surface area contributed by atoms with Crippen LogP contribution in [0.2, 0.25) is 0 Å². The largest absolute Gasteiger partial charge is 0.497 e. The normalized spacial score (nSPS) is 15.9. The van der Waals surface area contributed by atoms with Crippen molar-refractivity contribution in [2.24, 2.45) is 10.7 Å². The first-order valence-corrected chi connectivity index (χ1v) is 8.49. The van der Waals surface area contributed by atoms with Crippen LogP contribution >= 0.6 is 0 Å². The average Bonchev–Trinajstić information content (AvgIpc) is 3.32. The molecule has 0 spiro atoms. The molecule has 8 heteroatoms. The Morgan fingerprint density at radius 3 is 2.74 bits per heavy atom. The maximum Gasteiger partial charge on any atom is 0.212 e. The van der Waals surface area contributed by atoms with Gasteiger partial charge >= 0.3 is 0 Å². The molecule has 0 radical (unpaired) electrons. The minimum atomic E-state index is -0.371. The zero-order valence-electron chi connectivity index (χ0n) is 14.5. The molecular weight excluding hydrogens is 342 g/mol. The van der Waals surface area contributed by atoms with Crippen LogP contribution in [0.4, 0.5) is 5.95 Å². The average molecular weight is 359 g/mol. The third-order valence-corrected chi connectivity index (χ3v) is 4.67. The second kappa shape index (κ2) is 5.87. The minimum Gasteiger partial charge on any atom is -0.497 e. The second-order valence-electron chi connectivity index (χ2n) is 6.24. The summed E-state index contributed by atoms with van der Waals surface area (Å²) in [6, 6.07) is 15.7. The molecule has 5 rings (SSSR count). The predicted octanol–water partition coefficient (Wildman–Crippen LogP) is 2.72. The summed E-state index contributed by atoms with van der Waals surface area (Å²) >= 11 is 0. The number of nitrogens with zero attached hydrogens (tertiary/aromatic N) is 4. The summed E-state index contributed by atoms with van der Waals surface area (Å²) in [6.45, 7) is 0. The van der Waals surface area contributed by atoms with E-state index in [1.807, 2.05) is 53.1 Å². The Hall–Kier alpha value is -3.81. The number of H-pyrrole nitrogens is 1. The second-order valence-corrected chi connectivity index (χ2v) is 6.24. The van der Waals surface area contributed by atoms with Crippen molar-refractivity contribution in [1.29, 1.82) is 0 Å². The summed E-state index contributed by atoms with van der Waals surface area (Å²) in [4.78, 5) is 9.26. The Morgan fingerprint density at radius 1 is 1.11 bits per heavy atom. The number of fused-ring (bicyclic) bond motifs is 3. The number of nitrogens with two attached hydrogens (primary N) is 1. The topological polar surface area (TPSA) is 106 Å². The zero-order valence-corrected chi connectivity index (χ0v) is 14.5. The highest BCUT2D eigenvalue weighted by molar-refractivity contribution is 5.95. The van der Waals surface area contributed by atoms with E-state index in [-0.39, 0.29) is 6.17 Å². The summed E-state index contributed by atoms with van der Waals surface area (Å²) in [6.07, 6.45) is 1.41. The molecule has 0 saturated heterocycles. The molecule has 1 aliphatic heterocycles. The number of ether oxygens (including phenoxy) is 1. The van der Waals surface area contributed by atoms with Crippen molar-refractivity contribution in [3.63, 3.8) is 0 Å². The number of aromatic nitrogens is 4. The molecule has 1 aliphatic rings. The fraction of sp³-hybridized carbons (Fsp3) is 0.105. The van der Waals surface area contributed by atoms with Gasteiger partial charge in [-0.05, 0) is 36.4 Å². The van der Waals surface area contributed by atoms with Crippen molar-refractivity contribution in [3.05, 3.63) is 60.3 Å². The van der Waals surface area contributed by atoms with Gasteiger partial charge in [-0.3, -0.25) is 15.0 Å². The van der Waals surface area contributed by atoms with Gasteiger partial charge in [0.25, 0.3) is 0 Å². The van der Waals surface area contributed by atoms with E-state index in [2.05, 4.69) is 25.5 Å². The number of rotatable bonds is 3. The molecule has 0 fully saturated rings. The van der Waals surface area contributed by atoms with Crippen LogP contribution in [-0.4, -0.2) is 32.8 Å². The van der Waals surface area contributed by atoms with E-state index in [0.29, 0.717) is 11.9 Å². The summed E-state index contributed by atoms with van der Waals surface area (Å²) in [5.74, 6) is 1.78. The molecule has 0 saturated carbocycles. The van der Waals surface area contributed by atoms with Gasteiger partial charge in [-0.1, -0.05) is 12.1 Å². The van der Waals surface area contributed by atoms with E-state index >= 15 is 0 Å². The SMILES string of the molecule is COc1ccc(-c2[nH]ncc2[C@H]2N=C(N)Nc3nc4ccccc4n32)cc1. The van der Waals surface area contributed by atoms with Gasteiger partial charge in [0, 0.05) is 11.1 Å². The third-order valence-electron chi connectivity index (χ3n) is 4.67. The summed E-state index contributed by atoms with van der Waals surface area (Å²) in [7, 11) is 1.65. The first-order chi connectivity index (χ1) is 13.2. The van der Waals surface area contributed by atoms with Crippen molar-refractivity contribution in [2.75, 3.05) is 12.4 Å². The lowest BCUT2D eigenvalue weighted by atomic mass is 10.1. The van der Waals surface area contributed by atoms with E-state index in [9.17, 15) is 0 Å². The fourth-order valence-corrected chi connectivity index (χ4v) is 3.41. The number of nitrogens with one attached hydrogen (secondary N) is 2. The molecule has 0 bridgehead atoms. The van der Waals surface area contributed by atoms with E-state index in [0.717, 1.165) is 33.6 Å². The van der Waals surface area contributed by atoms with E-state index in [4.69, 9.17) is 10.5 Å². The molecular formula is C19H17N7O. The van der Waals surface area contributed by atoms with Crippen LogP contribution in [0.3, 0.4) is 0 Å². The lowest BCUT2D eigenvalue weighted by Crippen LogP contribution is -2.31. The Morgan fingerprint density at radius 2 is 1.93 bits per heavy atom. The van der Waals surface area contributed by atoms with Crippen molar-refractivity contribution < 1.29 is 4.74 Å². The van der Waals surface area contributed by atoms with E-state index < -0.39 is 0 Å². The lowest BCUT2D eigenvalue weighted by Gasteiger charge is -2.23. The Balaban J connectivity index is 1.67. The zero-order chi connectivity index (χ0) is 18.4. The van der Waals surface area contributed by atoms with Gasteiger partial charge in [0.1, 0.15) is 5.75 Å². The Bertz CT molecular complexity index is 1160. The molecule has 4 aromatic rings. The molecule has 3 heterocycles. The van der Waals surface area contributed by atoms with Gasteiger partial charge < -0.3 is 10.5 Å². The maximum absolute atomic E-state index is 6.03. The number of hydrogen-bond acceptors (Lipinski definition) is 6. The highest BCUT2D eigenvalue weighted by Crippen LogP contribution is 2.36. The smallest absolute Gasteiger partial charge is 0.212 e. The van der Waals surface area contributed by atoms with Crippen LogP contribution in [0.5, 0.6) is 5.75 Å². The van der Waals surface area contributed by atoms with Gasteiger partial charge in [0.15, 0.2) is 12.1 Å². The van der Waals surface area contributed by atoms with Gasteiger partial charge in [-0.15, -0.1) is 0 Å². The van der Waals surface area contributed by atoms with Crippen molar-refractivity contribution in [3.8, 4) is 17.0 Å². The number of aromatic amines is 1. The van der Waals surface area contributed by atoms with E-state index in [1.54, 1.807) is 13.3 Å². The van der Waals surface area contributed by atoms with Crippen molar-refractivity contribution in [2.45, 2.75) is 6.17 Å². The van der Waals surface area contributed by atoms with E-state index in [1.165, 1.54) is 0 Å². The summed E-state index contributed by atoms with van der Waals surface area (Å²) < 4.78 is 7.28. The molecule has 2 aromatic heterocycles. The molecule has 4 N–H and O–H groups in total. The number of methoxy groups -OCH3 is 1. The maximum atomic E-state index is 6.03. The molecule has 27 heavy (non-hydrogen) atoms. The molecule has 0 amide bonds.